The van der Waals surface area contributed by atoms with E-state index < -0.39 is 0 Å². The van der Waals surface area contributed by atoms with Gasteiger partial charge < -0.3 is 15.2 Å². The Hall–Kier alpha value is -2.67. The van der Waals surface area contributed by atoms with Gasteiger partial charge >= 0.3 is 0 Å². The van der Waals surface area contributed by atoms with Gasteiger partial charge in [0.2, 0.25) is 0 Å². The van der Waals surface area contributed by atoms with E-state index in [4.69, 9.17) is 15.2 Å². The fourth-order valence-corrected chi connectivity index (χ4v) is 2.25. The molecule has 0 radical (unpaired) electrons. The first-order valence-corrected chi connectivity index (χ1v) is 6.84. The summed E-state index contributed by atoms with van der Waals surface area (Å²) in [5, 5.41) is 12.7. The van der Waals surface area contributed by atoms with Gasteiger partial charge in [-0.2, -0.15) is 9.61 Å². The predicted molar refractivity (Wildman–Crippen MR) is 81.9 cm³/mol. The lowest BCUT2D eigenvalue weighted by Crippen LogP contribution is -2.11. The molecule has 2 aromatic heterocycles. The van der Waals surface area contributed by atoms with Gasteiger partial charge in [0.25, 0.3) is 0 Å². The Labute approximate surface area is 127 Å². The van der Waals surface area contributed by atoms with Crippen LogP contribution in [0.4, 0.5) is 0 Å². The van der Waals surface area contributed by atoms with E-state index in [9.17, 15) is 0 Å². The first-order chi connectivity index (χ1) is 10.6. The van der Waals surface area contributed by atoms with Crippen molar-refractivity contribution in [2.75, 3.05) is 14.2 Å². The quantitative estimate of drug-likeness (QED) is 0.790. The van der Waals surface area contributed by atoms with E-state index in [0.717, 1.165) is 17.0 Å². The first-order valence-electron chi connectivity index (χ1n) is 6.84. The average molecular weight is 299 g/mol. The SMILES string of the molecule is COc1ccc(OC)c(-c2ccc3nnc([C@H](C)N)n3n2)c1. The minimum absolute atomic E-state index is 0.259. The van der Waals surface area contributed by atoms with Crippen LogP contribution in [0.3, 0.4) is 0 Å². The third kappa shape index (κ3) is 2.35. The molecule has 7 heteroatoms. The molecule has 0 aliphatic carbocycles. The van der Waals surface area contributed by atoms with Crippen LogP contribution < -0.4 is 15.2 Å². The number of methoxy groups -OCH3 is 2. The average Bonchev–Trinajstić information content (AvgIpc) is 2.97. The maximum atomic E-state index is 5.91. The summed E-state index contributed by atoms with van der Waals surface area (Å²) in [6.45, 7) is 1.84. The Morgan fingerprint density at radius 2 is 1.91 bits per heavy atom. The number of aromatic nitrogens is 4. The van der Waals surface area contributed by atoms with Gasteiger partial charge in [-0.05, 0) is 37.3 Å². The molecule has 1 atom stereocenters. The zero-order valence-electron chi connectivity index (χ0n) is 12.6. The van der Waals surface area contributed by atoms with E-state index in [1.807, 2.05) is 37.3 Å². The molecule has 0 spiro atoms. The molecule has 22 heavy (non-hydrogen) atoms. The lowest BCUT2D eigenvalue weighted by molar-refractivity contribution is 0.404. The Bertz CT molecular complexity index is 813. The number of nitrogens with two attached hydrogens (primary N) is 1. The van der Waals surface area contributed by atoms with Gasteiger partial charge in [0, 0.05) is 5.56 Å². The van der Waals surface area contributed by atoms with Gasteiger partial charge in [-0.15, -0.1) is 10.2 Å². The maximum absolute atomic E-state index is 5.91. The van der Waals surface area contributed by atoms with Crippen LogP contribution in [0.2, 0.25) is 0 Å². The van der Waals surface area contributed by atoms with Gasteiger partial charge in [0.15, 0.2) is 11.5 Å². The van der Waals surface area contributed by atoms with Gasteiger partial charge in [0.05, 0.1) is 26.0 Å². The van der Waals surface area contributed by atoms with Crippen LogP contribution in [0.25, 0.3) is 16.9 Å². The summed E-state index contributed by atoms with van der Waals surface area (Å²) >= 11 is 0. The van der Waals surface area contributed by atoms with Crippen molar-refractivity contribution in [1.29, 1.82) is 0 Å². The number of rotatable bonds is 4. The van der Waals surface area contributed by atoms with Gasteiger partial charge in [0.1, 0.15) is 11.5 Å². The molecule has 2 N–H and O–H groups in total. The highest BCUT2D eigenvalue weighted by Gasteiger charge is 2.14. The molecule has 2 heterocycles. The first kappa shape index (κ1) is 14.3. The summed E-state index contributed by atoms with van der Waals surface area (Å²) in [7, 11) is 3.24. The number of hydrogen-bond donors (Lipinski definition) is 1. The summed E-state index contributed by atoms with van der Waals surface area (Å²) in [6, 6.07) is 9.02. The fourth-order valence-electron chi connectivity index (χ4n) is 2.25. The third-order valence-corrected chi connectivity index (χ3v) is 3.38. The molecule has 3 rings (SSSR count). The third-order valence-electron chi connectivity index (χ3n) is 3.38. The summed E-state index contributed by atoms with van der Waals surface area (Å²) in [5.74, 6) is 2.05. The summed E-state index contributed by atoms with van der Waals surface area (Å²) in [4.78, 5) is 0. The van der Waals surface area contributed by atoms with E-state index in [0.29, 0.717) is 17.2 Å². The van der Waals surface area contributed by atoms with Gasteiger partial charge in [-0.3, -0.25) is 0 Å². The molecule has 0 aliphatic heterocycles. The van der Waals surface area contributed by atoms with Crippen molar-refractivity contribution in [2.45, 2.75) is 13.0 Å². The van der Waals surface area contributed by atoms with E-state index in [1.165, 1.54) is 0 Å². The molecule has 0 fully saturated rings. The smallest absolute Gasteiger partial charge is 0.178 e. The zero-order chi connectivity index (χ0) is 15.7. The van der Waals surface area contributed by atoms with E-state index in [1.54, 1.807) is 18.7 Å². The standard InChI is InChI=1S/C15H17N5O2/c1-9(16)15-18-17-14-7-5-12(19-20(14)15)11-8-10(21-2)4-6-13(11)22-3/h4-9H,16H2,1-3H3/t9-/m0/s1. The Balaban J connectivity index is 2.19. The van der Waals surface area contributed by atoms with Crippen molar-refractivity contribution in [3.8, 4) is 22.8 Å². The number of benzene rings is 1. The highest BCUT2D eigenvalue weighted by atomic mass is 16.5. The van der Waals surface area contributed by atoms with Crippen molar-refractivity contribution in [3.05, 3.63) is 36.2 Å². The normalized spacial score (nSPS) is 12.4. The van der Waals surface area contributed by atoms with Crippen molar-refractivity contribution in [1.82, 2.24) is 19.8 Å². The van der Waals surface area contributed by atoms with Crippen LogP contribution in [0, 0.1) is 0 Å². The number of hydrogen-bond acceptors (Lipinski definition) is 6. The van der Waals surface area contributed by atoms with E-state index >= 15 is 0 Å². The molecular formula is C15H17N5O2. The Morgan fingerprint density at radius 1 is 1.09 bits per heavy atom. The minimum atomic E-state index is -0.259. The number of nitrogens with zero attached hydrogens (tertiary/aromatic N) is 4. The van der Waals surface area contributed by atoms with Crippen LogP contribution >= 0.6 is 0 Å². The molecule has 3 aromatic rings. The van der Waals surface area contributed by atoms with E-state index in [-0.39, 0.29) is 6.04 Å². The molecule has 0 amide bonds. The maximum Gasteiger partial charge on any atom is 0.178 e. The topological polar surface area (TPSA) is 87.6 Å². The summed E-state index contributed by atoms with van der Waals surface area (Å²) in [5.41, 5.74) is 8.11. The Kier molecular flexibility index (Phi) is 3.64. The molecule has 0 unspecified atom stereocenters. The van der Waals surface area contributed by atoms with Crippen molar-refractivity contribution in [2.24, 2.45) is 5.73 Å². The highest BCUT2D eigenvalue weighted by molar-refractivity contribution is 5.69. The van der Waals surface area contributed by atoms with Crippen LogP contribution in [0.5, 0.6) is 11.5 Å². The predicted octanol–water partition coefficient (Wildman–Crippen LogP) is 1.83. The Morgan fingerprint density at radius 3 is 2.59 bits per heavy atom. The minimum Gasteiger partial charge on any atom is -0.497 e. The molecule has 0 aliphatic rings. The van der Waals surface area contributed by atoms with Crippen LogP contribution in [-0.4, -0.2) is 34.0 Å². The van der Waals surface area contributed by atoms with Crippen LogP contribution in [-0.2, 0) is 0 Å². The molecule has 114 valence electrons. The van der Waals surface area contributed by atoms with Gasteiger partial charge in [-0.1, -0.05) is 0 Å². The molecule has 0 saturated heterocycles. The molecular weight excluding hydrogens is 282 g/mol. The van der Waals surface area contributed by atoms with Gasteiger partial charge in [-0.25, -0.2) is 0 Å². The highest BCUT2D eigenvalue weighted by Crippen LogP contribution is 2.32. The second-order valence-electron chi connectivity index (χ2n) is 4.90. The molecule has 1 aromatic carbocycles. The second kappa shape index (κ2) is 5.61. The van der Waals surface area contributed by atoms with Crippen molar-refractivity contribution in [3.63, 3.8) is 0 Å². The van der Waals surface area contributed by atoms with E-state index in [2.05, 4.69) is 15.3 Å². The monoisotopic (exact) mass is 299 g/mol. The van der Waals surface area contributed by atoms with Crippen molar-refractivity contribution >= 4 is 5.65 Å². The fraction of sp³-hybridized carbons (Fsp3) is 0.267. The number of fused-ring (bicyclic) bond motifs is 1. The summed E-state index contributed by atoms with van der Waals surface area (Å²) in [6.07, 6.45) is 0. The molecule has 7 nitrogen and oxygen atoms in total. The van der Waals surface area contributed by atoms with Crippen LogP contribution in [0.1, 0.15) is 18.8 Å². The number of ether oxygens (including phenoxy) is 2. The van der Waals surface area contributed by atoms with Crippen LogP contribution in [0.15, 0.2) is 30.3 Å². The second-order valence-corrected chi connectivity index (χ2v) is 4.90. The lowest BCUT2D eigenvalue weighted by Gasteiger charge is -2.10. The van der Waals surface area contributed by atoms with Crippen molar-refractivity contribution < 1.29 is 9.47 Å². The molecule has 0 saturated carbocycles. The lowest BCUT2D eigenvalue weighted by atomic mass is 10.1. The summed E-state index contributed by atoms with van der Waals surface area (Å²) < 4.78 is 12.3. The molecule has 0 bridgehead atoms. The zero-order valence-corrected chi connectivity index (χ0v) is 12.6. The largest absolute Gasteiger partial charge is 0.497 e.